The van der Waals surface area contributed by atoms with Gasteiger partial charge in [-0.05, 0) is 12.8 Å². The molecule has 0 heterocycles. The summed E-state index contributed by atoms with van der Waals surface area (Å²) >= 11 is 0. The molecule has 0 rings (SSSR count). The largest absolute Gasteiger partial charge is 0.254 e. The molecule has 0 unspecified atom stereocenters. The van der Waals surface area contributed by atoms with Gasteiger partial charge in [-0.15, -0.1) is 0 Å². The topological polar surface area (TPSA) is 34.1 Å². The third kappa shape index (κ3) is 9.98. The molecule has 0 atom stereocenters. The highest BCUT2D eigenvalue weighted by Crippen LogP contribution is 2.03. The standard InChI is InChI=1S/C7H13ClO2S/c1-2-3-4-5-6-7-11(8,9)10/h6-7H,2-5H2,1H3/b7-6+. The zero-order valence-corrected chi connectivity index (χ0v) is 8.16. The molecule has 0 spiro atoms. The Morgan fingerprint density at radius 2 is 2.00 bits per heavy atom. The number of allylic oxidation sites excluding steroid dienone is 1. The van der Waals surface area contributed by atoms with E-state index in [4.69, 9.17) is 10.7 Å². The fourth-order valence-corrected chi connectivity index (χ4v) is 1.28. The normalized spacial score (nSPS) is 12.5. The molecule has 66 valence electrons. The van der Waals surface area contributed by atoms with Crippen LogP contribution in [0, 0.1) is 0 Å². The van der Waals surface area contributed by atoms with Gasteiger partial charge >= 0.3 is 0 Å². The van der Waals surface area contributed by atoms with Gasteiger partial charge in [0.05, 0.1) is 0 Å². The summed E-state index contributed by atoms with van der Waals surface area (Å²) in [5.74, 6) is 0. The van der Waals surface area contributed by atoms with Crippen LogP contribution in [-0.2, 0) is 9.05 Å². The van der Waals surface area contributed by atoms with Crippen molar-refractivity contribution in [3.63, 3.8) is 0 Å². The molecule has 0 fully saturated rings. The Labute approximate surface area is 72.7 Å². The molecule has 0 aliphatic heterocycles. The molecule has 0 radical (unpaired) electrons. The lowest BCUT2D eigenvalue weighted by Crippen LogP contribution is -1.79. The van der Waals surface area contributed by atoms with E-state index < -0.39 is 9.05 Å². The van der Waals surface area contributed by atoms with E-state index in [9.17, 15) is 8.42 Å². The van der Waals surface area contributed by atoms with E-state index in [0.29, 0.717) is 0 Å². The van der Waals surface area contributed by atoms with Crippen molar-refractivity contribution in [1.82, 2.24) is 0 Å². The second-order valence-electron chi connectivity index (χ2n) is 2.34. The van der Waals surface area contributed by atoms with Gasteiger partial charge in [0.2, 0.25) is 0 Å². The predicted octanol–water partition coefficient (Wildman–Crippen LogP) is 2.65. The molecule has 0 saturated carbocycles. The lowest BCUT2D eigenvalue weighted by molar-refractivity contribution is 0.617. The fourth-order valence-electron chi connectivity index (χ4n) is 0.695. The summed E-state index contributed by atoms with van der Waals surface area (Å²) in [6.07, 6.45) is 5.69. The molecule has 0 N–H and O–H groups in total. The molecule has 0 amide bonds. The van der Waals surface area contributed by atoms with Gasteiger partial charge in [0, 0.05) is 16.1 Å². The number of unbranched alkanes of at least 4 members (excludes halogenated alkanes) is 3. The van der Waals surface area contributed by atoms with Crippen LogP contribution in [0.4, 0.5) is 0 Å². The highest BCUT2D eigenvalue weighted by atomic mass is 35.7. The zero-order valence-electron chi connectivity index (χ0n) is 6.59. The zero-order chi connectivity index (χ0) is 8.74. The SMILES string of the molecule is CCCCC/C=C/S(=O)(=O)Cl. The van der Waals surface area contributed by atoms with Gasteiger partial charge in [-0.1, -0.05) is 25.8 Å². The lowest BCUT2D eigenvalue weighted by atomic mass is 10.2. The monoisotopic (exact) mass is 196 g/mol. The first kappa shape index (κ1) is 11.0. The highest BCUT2D eigenvalue weighted by molar-refractivity contribution is 8.16. The second-order valence-corrected chi connectivity index (χ2v) is 4.86. The molecule has 4 heteroatoms. The van der Waals surface area contributed by atoms with Crippen molar-refractivity contribution in [2.45, 2.75) is 32.6 Å². The van der Waals surface area contributed by atoms with Crippen LogP contribution < -0.4 is 0 Å². The quantitative estimate of drug-likeness (QED) is 0.501. The van der Waals surface area contributed by atoms with Crippen LogP contribution in [0.5, 0.6) is 0 Å². The third-order valence-corrected chi connectivity index (χ3v) is 2.06. The Morgan fingerprint density at radius 3 is 2.45 bits per heavy atom. The van der Waals surface area contributed by atoms with Crippen LogP contribution in [0.1, 0.15) is 32.6 Å². The molecule has 0 aliphatic rings. The molecule has 0 aliphatic carbocycles. The van der Waals surface area contributed by atoms with Crippen molar-refractivity contribution in [3.8, 4) is 0 Å². The summed E-state index contributed by atoms with van der Waals surface area (Å²) in [6, 6.07) is 0. The van der Waals surface area contributed by atoms with Crippen LogP contribution in [-0.4, -0.2) is 8.42 Å². The van der Waals surface area contributed by atoms with Gasteiger partial charge in [-0.2, -0.15) is 0 Å². The molecule has 0 aromatic carbocycles. The summed E-state index contributed by atoms with van der Waals surface area (Å²) < 4.78 is 20.7. The van der Waals surface area contributed by atoms with Gasteiger partial charge in [0.25, 0.3) is 9.05 Å². The molecular formula is C7H13ClO2S. The first-order chi connectivity index (χ1) is 5.06. The molecule has 0 saturated heterocycles. The molecular weight excluding hydrogens is 184 g/mol. The van der Waals surface area contributed by atoms with Crippen LogP contribution in [0.3, 0.4) is 0 Å². The minimum Gasteiger partial charge on any atom is -0.208 e. The minimum absolute atomic E-state index is 0.791. The average molecular weight is 197 g/mol. The van der Waals surface area contributed by atoms with Crippen LogP contribution in [0.25, 0.3) is 0 Å². The summed E-state index contributed by atoms with van der Waals surface area (Å²) in [5.41, 5.74) is 0. The Bertz CT molecular complexity index is 206. The fraction of sp³-hybridized carbons (Fsp3) is 0.714. The van der Waals surface area contributed by atoms with E-state index in [1.807, 2.05) is 0 Å². The molecule has 0 aromatic heterocycles. The van der Waals surface area contributed by atoms with E-state index in [-0.39, 0.29) is 0 Å². The maximum Gasteiger partial charge on any atom is 0.254 e. The van der Waals surface area contributed by atoms with Crippen LogP contribution in [0.2, 0.25) is 0 Å². The van der Waals surface area contributed by atoms with Crippen molar-refractivity contribution in [2.75, 3.05) is 0 Å². The summed E-state index contributed by atoms with van der Waals surface area (Å²) in [6.45, 7) is 2.10. The van der Waals surface area contributed by atoms with Gasteiger partial charge in [0.15, 0.2) is 0 Å². The Hall–Kier alpha value is -0.0200. The van der Waals surface area contributed by atoms with E-state index in [1.165, 1.54) is 0 Å². The van der Waals surface area contributed by atoms with Gasteiger partial charge in [0.1, 0.15) is 0 Å². The third-order valence-electron chi connectivity index (χ3n) is 1.23. The molecule has 11 heavy (non-hydrogen) atoms. The first-order valence-electron chi connectivity index (χ1n) is 3.67. The van der Waals surface area contributed by atoms with Gasteiger partial charge < -0.3 is 0 Å². The molecule has 0 aromatic rings. The van der Waals surface area contributed by atoms with E-state index in [0.717, 1.165) is 31.1 Å². The van der Waals surface area contributed by atoms with Crippen molar-refractivity contribution in [1.29, 1.82) is 0 Å². The van der Waals surface area contributed by atoms with Gasteiger partial charge in [-0.3, -0.25) is 0 Å². The maximum absolute atomic E-state index is 10.3. The summed E-state index contributed by atoms with van der Waals surface area (Å²) in [4.78, 5) is 0. The highest BCUT2D eigenvalue weighted by Gasteiger charge is 1.94. The Kier molecular flexibility index (Phi) is 5.60. The second kappa shape index (κ2) is 5.61. The average Bonchev–Trinajstić information content (AvgIpc) is 1.85. The number of rotatable bonds is 5. The van der Waals surface area contributed by atoms with Crippen molar-refractivity contribution in [3.05, 3.63) is 11.5 Å². The van der Waals surface area contributed by atoms with Crippen LogP contribution >= 0.6 is 10.7 Å². The molecule has 0 bridgehead atoms. The minimum atomic E-state index is -3.42. The number of hydrogen-bond acceptors (Lipinski definition) is 2. The van der Waals surface area contributed by atoms with Crippen molar-refractivity contribution >= 4 is 19.7 Å². The Morgan fingerprint density at radius 1 is 1.36 bits per heavy atom. The van der Waals surface area contributed by atoms with Crippen molar-refractivity contribution < 1.29 is 8.42 Å². The molecule has 2 nitrogen and oxygen atoms in total. The lowest BCUT2D eigenvalue weighted by Gasteiger charge is -1.89. The van der Waals surface area contributed by atoms with Gasteiger partial charge in [-0.25, -0.2) is 8.42 Å². The number of hydrogen-bond donors (Lipinski definition) is 0. The van der Waals surface area contributed by atoms with E-state index >= 15 is 0 Å². The number of halogens is 1. The van der Waals surface area contributed by atoms with Crippen molar-refractivity contribution in [2.24, 2.45) is 0 Å². The van der Waals surface area contributed by atoms with Crippen LogP contribution in [0.15, 0.2) is 11.5 Å². The maximum atomic E-state index is 10.3. The summed E-state index contributed by atoms with van der Waals surface area (Å²) in [5, 5.41) is 1.05. The predicted molar refractivity (Wildman–Crippen MR) is 48.1 cm³/mol. The van der Waals surface area contributed by atoms with E-state index in [2.05, 4.69) is 6.92 Å². The first-order valence-corrected chi connectivity index (χ1v) is 6.04. The summed E-state index contributed by atoms with van der Waals surface area (Å²) in [7, 11) is 1.51. The van der Waals surface area contributed by atoms with E-state index in [1.54, 1.807) is 6.08 Å². The Balaban J connectivity index is 3.46. The smallest absolute Gasteiger partial charge is 0.208 e.